The Morgan fingerprint density at radius 1 is 0.788 bits per heavy atom. The number of piperazine rings is 1. The monoisotopic (exact) mass is 438 g/mol. The van der Waals surface area contributed by atoms with Crippen molar-refractivity contribution in [1.29, 1.82) is 0 Å². The molecule has 2 heterocycles. The van der Waals surface area contributed by atoms with Gasteiger partial charge in [-0.15, -0.1) is 0 Å². The van der Waals surface area contributed by atoms with Gasteiger partial charge in [0.25, 0.3) is 5.91 Å². The van der Waals surface area contributed by atoms with Crippen LogP contribution in [0.3, 0.4) is 0 Å². The molecule has 5 rings (SSSR count). The van der Waals surface area contributed by atoms with Crippen molar-refractivity contribution in [3.05, 3.63) is 96.4 Å². The summed E-state index contributed by atoms with van der Waals surface area (Å²) in [7, 11) is 0. The summed E-state index contributed by atoms with van der Waals surface area (Å²) in [5.41, 5.74) is 3.92. The topological polar surface area (TPSA) is 62.5 Å². The number of amides is 1. The van der Waals surface area contributed by atoms with E-state index in [9.17, 15) is 4.79 Å². The second-order valence-corrected chi connectivity index (χ2v) is 8.27. The van der Waals surface area contributed by atoms with Crippen molar-refractivity contribution in [2.45, 2.75) is 13.0 Å². The minimum atomic E-state index is -0.00244. The van der Waals surface area contributed by atoms with Gasteiger partial charge in [0.15, 0.2) is 0 Å². The molecule has 6 heteroatoms. The van der Waals surface area contributed by atoms with Crippen molar-refractivity contribution in [3.8, 4) is 22.5 Å². The first-order valence-electron chi connectivity index (χ1n) is 11.3. The highest BCUT2D eigenvalue weighted by Gasteiger charge is 2.28. The second kappa shape index (κ2) is 9.38. The van der Waals surface area contributed by atoms with Crippen LogP contribution in [0.4, 0.5) is 0 Å². The van der Waals surface area contributed by atoms with E-state index in [0.29, 0.717) is 24.8 Å². The summed E-state index contributed by atoms with van der Waals surface area (Å²) >= 11 is 0. The maximum Gasteiger partial charge on any atom is 0.253 e. The van der Waals surface area contributed by atoms with Gasteiger partial charge in [-0.2, -0.15) is 4.98 Å². The zero-order chi connectivity index (χ0) is 22.6. The van der Waals surface area contributed by atoms with Crippen LogP contribution in [-0.4, -0.2) is 52.0 Å². The second-order valence-electron chi connectivity index (χ2n) is 8.27. The van der Waals surface area contributed by atoms with E-state index in [1.807, 2.05) is 77.7 Å². The molecule has 0 saturated carbocycles. The first kappa shape index (κ1) is 21.1. The van der Waals surface area contributed by atoms with Gasteiger partial charge in [0.2, 0.25) is 11.7 Å². The number of hydrogen-bond donors (Lipinski definition) is 0. The SMILES string of the molecule is CC(c1nc(-c2ccccc2)no1)N1CCN(C(=O)c2ccc(-c3ccccc3)cc2)CC1. The third kappa shape index (κ3) is 4.56. The number of nitrogens with zero attached hydrogens (tertiary/aromatic N) is 4. The van der Waals surface area contributed by atoms with Crippen LogP contribution in [0.2, 0.25) is 0 Å². The standard InChI is InChI=1S/C27H26N4O2/c1-20(26-28-25(29-33-26)23-10-6-3-7-11-23)30-16-18-31(19-17-30)27(32)24-14-12-22(13-15-24)21-8-4-2-5-9-21/h2-15,20H,16-19H2,1H3. The molecule has 33 heavy (non-hydrogen) atoms. The Morgan fingerprint density at radius 2 is 1.36 bits per heavy atom. The summed E-state index contributed by atoms with van der Waals surface area (Å²) in [6.45, 7) is 4.94. The van der Waals surface area contributed by atoms with Crippen LogP contribution in [0, 0.1) is 0 Å². The fourth-order valence-corrected chi connectivity index (χ4v) is 4.20. The third-order valence-corrected chi connectivity index (χ3v) is 6.22. The van der Waals surface area contributed by atoms with Crippen LogP contribution in [-0.2, 0) is 0 Å². The lowest BCUT2D eigenvalue weighted by molar-refractivity contribution is 0.0551. The maximum atomic E-state index is 13.0. The van der Waals surface area contributed by atoms with Gasteiger partial charge in [-0.25, -0.2) is 0 Å². The minimum absolute atomic E-state index is 0.00244. The molecule has 6 nitrogen and oxygen atoms in total. The molecular weight excluding hydrogens is 412 g/mol. The van der Waals surface area contributed by atoms with Crippen molar-refractivity contribution < 1.29 is 9.32 Å². The molecule has 1 aliphatic rings. The Labute approximate surface area is 193 Å². The number of carbonyl (C=O) groups excluding carboxylic acids is 1. The molecule has 166 valence electrons. The normalized spacial score (nSPS) is 15.4. The highest BCUT2D eigenvalue weighted by atomic mass is 16.5. The molecule has 1 fully saturated rings. The average molecular weight is 439 g/mol. The van der Waals surface area contributed by atoms with Crippen LogP contribution >= 0.6 is 0 Å². The van der Waals surface area contributed by atoms with Gasteiger partial charge >= 0.3 is 0 Å². The number of carbonyl (C=O) groups is 1. The Kier molecular flexibility index (Phi) is 6.00. The fourth-order valence-electron chi connectivity index (χ4n) is 4.20. The molecular formula is C27H26N4O2. The molecule has 3 aromatic carbocycles. The van der Waals surface area contributed by atoms with E-state index in [-0.39, 0.29) is 11.9 Å². The molecule has 4 aromatic rings. The van der Waals surface area contributed by atoms with Crippen LogP contribution in [0.5, 0.6) is 0 Å². The molecule has 1 atom stereocenters. The van der Waals surface area contributed by atoms with Crippen LogP contribution in [0.1, 0.15) is 29.2 Å². The Morgan fingerprint density at radius 3 is 2.00 bits per heavy atom. The number of hydrogen-bond acceptors (Lipinski definition) is 5. The summed E-state index contributed by atoms with van der Waals surface area (Å²) in [6, 6.07) is 27.9. The molecule has 0 bridgehead atoms. The molecule has 0 N–H and O–H groups in total. The predicted molar refractivity (Wildman–Crippen MR) is 128 cm³/mol. The molecule has 1 unspecified atom stereocenters. The molecule has 1 amide bonds. The summed E-state index contributed by atoms with van der Waals surface area (Å²) in [4.78, 5) is 21.8. The van der Waals surface area contributed by atoms with Gasteiger partial charge in [0, 0.05) is 37.3 Å². The van der Waals surface area contributed by atoms with Crippen LogP contribution in [0.25, 0.3) is 22.5 Å². The lowest BCUT2D eigenvalue weighted by atomic mass is 10.0. The molecule has 1 saturated heterocycles. The summed E-state index contributed by atoms with van der Waals surface area (Å²) in [6.07, 6.45) is 0. The molecule has 1 aliphatic heterocycles. The van der Waals surface area contributed by atoms with Crippen molar-refractivity contribution >= 4 is 5.91 Å². The lowest BCUT2D eigenvalue weighted by Gasteiger charge is -2.36. The highest BCUT2D eigenvalue weighted by Crippen LogP contribution is 2.24. The zero-order valence-corrected chi connectivity index (χ0v) is 18.6. The van der Waals surface area contributed by atoms with E-state index < -0.39 is 0 Å². The van der Waals surface area contributed by atoms with Crippen molar-refractivity contribution in [2.75, 3.05) is 26.2 Å². The van der Waals surface area contributed by atoms with Gasteiger partial charge < -0.3 is 9.42 Å². The van der Waals surface area contributed by atoms with Crippen molar-refractivity contribution in [3.63, 3.8) is 0 Å². The average Bonchev–Trinajstić information content (AvgIpc) is 3.40. The van der Waals surface area contributed by atoms with Gasteiger partial charge in [-0.3, -0.25) is 9.69 Å². The highest BCUT2D eigenvalue weighted by molar-refractivity contribution is 5.94. The van der Waals surface area contributed by atoms with Gasteiger partial charge in [0.1, 0.15) is 0 Å². The van der Waals surface area contributed by atoms with Gasteiger partial charge in [0.05, 0.1) is 6.04 Å². The van der Waals surface area contributed by atoms with E-state index in [0.717, 1.165) is 35.3 Å². The largest absolute Gasteiger partial charge is 0.337 e. The fraction of sp³-hybridized carbons (Fsp3) is 0.222. The van der Waals surface area contributed by atoms with Crippen LogP contribution < -0.4 is 0 Å². The Balaban J connectivity index is 1.19. The summed E-state index contributed by atoms with van der Waals surface area (Å²) in [5.74, 6) is 1.28. The minimum Gasteiger partial charge on any atom is -0.337 e. The van der Waals surface area contributed by atoms with E-state index in [4.69, 9.17) is 4.52 Å². The molecule has 1 aromatic heterocycles. The van der Waals surface area contributed by atoms with E-state index in [1.54, 1.807) is 0 Å². The Bertz CT molecular complexity index is 1200. The lowest BCUT2D eigenvalue weighted by Crippen LogP contribution is -2.49. The van der Waals surface area contributed by atoms with Crippen molar-refractivity contribution in [2.24, 2.45) is 0 Å². The first-order chi connectivity index (χ1) is 16.2. The summed E-state index contributed by atoms with van der Waals surface area (Å²) in [5, 5.41) is 4.14. The first-order valence-corrected chi connectivity index (χ1v) is 11.3. The third-order valence-electron chi connectivity index (χ3n) is 6.22. The van der Waals surface area contributed by atoms with E-state index in [2.05, 4.69) is 34.1 Å². The van der Waals surface area contributed by atoms with E-state index >= 15 is 0 Å². The van der Waals surface area contributed by atoms with Crippen LogP contribution in [0.15, 0.2) is 89.5 Å². The summed E-state index contributed by atoms with van der Waals surface area (Å²) < 4.78 is 5.54. The predicted octanol–water partition coefficient (Wildman–Crippen LogP) is 4.92. The van der Waals surface area contributed by atoms with Gasteiger partial charge in [-0.05, 0) is 30.2 Å². The van der Waals surface area contributed by atoms with Crippen molar-refractivity contribution in [1.82, 2.24) is 19.9 Å². The van der Waals surface area contributed by atoms with Gasteiger partial charge in [-0.1, -0.05) is 78.0 Å². The smallest absolute Gasteiger partial charge is 0.253 e. The maximum absolute atomic E-state index is 13.0. The molecule has 0 spiro atoms. The zero-order valence-electron chi connectivity index (χ0n) is 18.6. The molecule has 0 radical (unpaired) electrons. The molecule has 0 aliphatic carbocycles. The van der Waals surface area contributed by atoms with E-state index in [1.165, 1.54) is 0 Å². The number of rotatable bonds is 5. The number of benzene rings is 3. The Hall–Kier alpha value is -3.77. The quantitative estimate of drug-likeness (QED) is 0.442. The number of aromatic nitrogens is 2.